The van der Waals surface area contributed by atoms with Crippen molar-refractivity contribution >= 4 is 45.8 Å². The molecule has 6 rings (SSSR count). The number of rotatable bonds is 1. The SMILES string of the molecule is NC1=NC(=NC2=NC(=Nc3[nH]c(N)c4ccccc34)c3ccccc32)c2ccccc21. The Morgan fingerprint density at radius 2 is 1.19 bits per heavy atom. The van der Waals surface area contributed by atoms with Gasteiger partial charge < -0.3 is 16.5 Å². The molecular weight excluding hydrogens is 386 g/mol. The second kappa shape index (κ2) is 6.50. The van der Waals surface area contributed by atoms with Gasteiger partial charge in [0.1, 0.15) is 17.5 Å². The molecule has 148 valence electrons. The number of benzene rings is 3. The van der Waals surface area contributed by atoms with E-state index in [0.717, 1.165) is 33.0 Å². The van der Waals surface area contributed by atoms with Gasteiger partial charge in [-0.2, -0.15) is 0 Å². The van der Waals surface area contributed by atoms with Gasteiger partial charge in [0, 0.05) is 33.0 Å². The molecule has 0 spiro atoms. The number of nitrogen functional groups attached to an aromatic ring is 1. The van der Waals surface area contributed by atoms with E-state index in [9.17, 15) is 0 Å². The fraction of sp³-hybridized carbons (Fsp3) is 0. The van der Waals surface area contributed by atoms with E-state index in [1.165, 1.54) is 0 Å². The van der Waals surface area contributed by atoms with Gasteiger partial charge in [-0.25, -0.2) is 20.0 Å². The third-order valence-electron chi connectivity index (χ3n) is 5.45. The number of nitrogens with zero attached hydrogens (tertiary/aromatic N) is 4. The number of aromatic nitrogens is 1. The standard InChI is InChI=1S/C24H17N7/c25-19-13-7-1-3-9-15(13)21(27-19)29-23-17-11-5-6-12-18(17)24(31-23)30-22-16-10-4-2-8-14(16)20(26)28-22/h1-12,27H,25H2,(H2,26,28,29,30,31). The summed E-state index contributed by atoms with van der Waals surface area (Å²) in [6.45, 7) is 0. The second-order valence-electron chi connectivity index (χ2n) is 7.33. The molecule has 2 aliphatic heterocycles. The van der Waals surface area contributed by atoms with Crippen LogP contribution in [0.4, 0.5) is 11.6 Å². The quantitative estimate of drug-likeness (QED) is 0.449. The van der Waals surface area contributed by atoms with Crippen LogP contribution in [0, 0.1) is 0 Å². The predicted octanol–water partition coefficient (Wildman–Crippen LogP) is 3.75. The van der Waals surface area contributed by atoms with Crippen LogP contribution in [-0.4, -0.2) is 28.3 Å². The van der Waals surface area contributed by atoms with Gasteiger partial charge in [0.15, 0.2) is 17.5 Å². The van der Waals surface area contributed by atoms with Crippen LogP contribution < -0.4 is 11.5 Å². The van der Waals surface area contributed by atoms with Crippen molar-refractivity contribution in [2.45, 2.75) is 0 Å². The number of fused-ring (bicyclic) bond motifs is 3. The highest BCUT2D eigenvalue weighted by Gasteiger charge is 2.25. The zero-order chi connectivity index (χ0) is 20.9. The van der Waals surface area contributed by atoms with Crippen LogP contribution >= 0.6 is 0 Å². The predicted molar refractivity (Wildman–Crippen MR) is 126 cm³/mol. The largest absolute Gasteiger partial charge is 0.385 e. The van der Waals surface area contributed by atoms with Crippen molar-refractivity contribution in [1.82, 2.24) is 4.98 Å². The maximum Gasteiger partial charge on any atom is 0.164 e. The van der Waals surface area contributed by atoms with E-state index in [0.29, 0.717) is 35.0 Å². The first-order valence-electron chi connectivity index (χ1n) is 9.85. The molecule has 0 radical (unpaired) electrons. The number of amidine groups is 4. The number of nitrogens with two attached hydrogens (primary N) is 2. The molecule has 4 aromatic rings. The molecule has 0 saturated carbocycles. The van der Waals surface area contributed by atoms with E-state index >= 15 is 0 Å². The Labute approximate surface area is 177 Å². The minimum Gasteiger partial charge on any atom is -0.385 e. The maximum absolute atomic E-state index is 6.13. The monoisotopic (exact) mass is 403 g/mol. The normalized spacial score (nSPS) is 17.2. The lowest BCUT2D eigenvalue weighted by Gasteiger charge is -2.00. The number of nitrogens with one attached hydrogen (secondary N) is 1. The molecule has 1 aromatic heterocycles. The molecule has 0 aliphatic carbocycles. The van der Waals surface area contributed by atoms with Crippen molar-refractivity contribution in [3.63, 3.8) is 0 Å². The van der Waals surface area contributed by atoms with Crippen LogP contribution in [0.3, 0.4) is 0 Å². The molecule has 3 heterocycles. The van der Waals surface area contributed by atoms with Crippen molar-refractivity contribution in [2.24, 2.45) is 25.7 Å². The highest BCUT2D eigenvalue weighted by molar-refractivity contribution is 6.29. The molecule has 3 aromatic carbocycles. The van der Waals surface area contributed by atoms with Crippen LogP contribution in [0.1, 0.15) is 22.3 Å². The first kappa shape index (κ1) is 17.3. The summed E-state index contributed by atoms with van der Waals surface area (Å²) in [7, 11) is 0. The minimum atomic E-state index is 0.462. The highest BCUT2D eigenvalue weighted by Crippen LogP contribution is 2.32. The number of hydrogen-bond acceptors (Lipinski definition) is 4. The Bertz CT molecular complexity index is 1500. The molecule has 31 heavy (non-hydrogen) atoms. The Balaban J connectivity index is 1.51. The lowest BCUT2D eigenvalue weighted by atomic mass is 10.1. The van der Waals surface area contributed by atoms with Crippen molar-refractivity contribution in [2.75, 3.05) is 5.73 Å². The minimum absolute atomic E-state index is 0.462. The molecule has 0 bridgehead atoms. The van der Waals surface area contributed by atoms with Gasteiger partial charge in [-0.1, -0.05) is 72.8 Å². The Morgan fingerprint density at radius 3 is 1.97 bits per heavy atom. The van der Waals surface area contributed by atoms with Crippen molar-refractivity contribution in [1.29, 1.82) is 0 Å². The Hall–Kier alpha value is -4.52. The molecule has 0 unspecified atom stereocenters. The van der Waals surface area contributed by atoms with Gasteiger partial charge in [-0.3, -0.25) is 0 Å². The molecule has 0 fully saturated rings. The summed E-state index contributed by atoms with van der Waals surface area (Å²) >= 11 is 0. The Morgan fingerprint density at radius 1 is 0.613 bits per heavy atom. The molecule has 0 saturated heterocycles. The zero-order valence-electron chi connectivity index (χ0n) is 16.4. The van der Waals surface area contributed by atoms with E-state index in [4.69, 9.17) is 26.4 Å². The number of anilines is 1. The van der Waals surface area contributed by atoms with Crippen molar-refractivity contribution in [3.8, 4) is 0 Å². The van der Waals surface area contributed by atoms with Crippen molar-refractivity contribution in [3.05, 3.63) is 95.1 Å². The highest BCUT2D eigenvalue weighted by atomic mass is 15.1. The summed E-state index contributed by atoms with van der Waals surface area (Å²) in [6.07, 6.45) is 0. The van der Waals surface area contributed by atoms with E-state index in [1.807, 2.05) is 72.8 Å². The van der Waals surface area contributed by atoms with Crippen LogP contribution in [0.5, 0.6) is 0 Å². The average molecular weight is 403 g/mol. The van der Waals surface area contributed by atoms with Gasteiger partial charge in [0.2, 0.25) is 0 Å². The Kier molecular flexibility index (Phi) is 3.64. The van der Waals surface area contributed by atoms with Crippen LogP contribution in [0.2, 0.25) is 0 Å². The second-order valence-corrected chi connectivity index (χ2v) is 7.33. The van der Waals surface area contributed by atoms with E-state index in [2.05, 4.69) is 9.98 Å². The molecule has 2 aliphatic rings. The molecule has 0 amide bonds. The van der Waals surface area contributed by atoms with Gasteiger partial charge >= 0.3 is 0 Å². The molecule has 7 nitrogen and oxygen atoms in total. The summed E-state index contributed by atoms with van der Waals surface area (Å²) in [4.78, 5) is 21.9. The lowest BCUT2D eigenvalue weighted by Crippen LogP contribution is -2.09. The van der Waals surface area contributed by atoms with Crippen LogP contribution in [0.25, 0.3) is 10.8 Å². The summed E-state index contributed by atoms with van der Waals surface area (Å²) in [6, 6.07) is 23.5. The zero-order valence-corrected chi connectivity index (χ0v) is 16.4. The number of aliphatic imine (C=N–C) groups is 4. The molecule has 7 heteroatoms. The molecular formula is C24H17N7. The number of H-pyrrole nitrogens is 1. The van der Waals surface area contributed by atoms with Gasteiger partial charge in [-0.05, 0) is 0 Å². The van der Waals surface area contributed by atoms with E-state index < -0.39 is 0 Å². The third kappa shape index (κ3) is 2.67. The van der Waals surface area contributed by atoms with E-state index in [-0.39, 0.29) is 0 Å². The summed E-state index contributed by atoms with van der Waals surface area (Å²) in [5.41, 5.74) is 15.8. The average Bonchev–Trinajstić information content (AvgIpc) is 3.42. The summed E-state index contributed by atoms with van der Waals surface area (Å²) in [5.74, 6) is 3.40. The fourth-order valence-corrected chi connectivity index (χ4v) is 3.97. The van der Waals surface area contributed by atoms with Crippen LogP contribution in [0.15, 0.2) is 92.8 Å². The fourth-order valence-electron chi connectivity index (χ4n) is 3.97. The molecule has 5 N–H and O–H groups in total. The smallest absolute Gasteiger partial charge is 0.164 e. The van der Waals surface area contributed by atoms with E-state index in [1.54, 1.807) is 0 Å². The summed E-state index contributed by atoms with van der Waals surface area (Å²) < 4.78 is 0. The first-order valence-corrected chi connectivity index (χ1v) is 9.85. The van der Waals surface area contributed by atoms with Gasteiger partial charge in [0.05, 0.1) is 0 Å². The first-order chi connectivity index (χ1) is 15.2. The lowest BCUT2D eigenvalue weighted by molar-refractivity contribution is 1.34. The van der Waals surface area contributed by atoms with Crippen molar-refractivity contribution < 1.29 is 0 Å². The number of hydrogen-bond donors (Lipinski definition) is 3. The summed E-state index contributed by atoms with van der Waals surface area (Å²) in [5, 5.41) is 1.88. The van der Waals surface area contributed by atoms with Gasteiger partial charge in [0.25, 0.3) is 0 Å². The van der Waals surface area contributed by atoms with Crippen LogP contribution in [-0.2, 0) is 0 Å². The molecule has 0 atom stereocenters. The number of aromatic amines is 1. The van der Waals surface area contributed by atoms with Gasteiger partial charge in [-0.15, -0.1) is 0 Å². The topological polar surface area (TPSA) is 117 Å². The maximum atomic E-state index is 6.13. The third-order valence-corrected chi connectivity index (χ3v) is 5.45.